The Hall–Kier alpha value is -2.59. The second-order valence-corrected chi connectivity index (χ2v) is 15.2. The van der Waals surface area contributed by atoms with Gasteiger partial charge in [-0.05, 0) is 24.8 Å². The SMILES string of the molecule is CC[C@@]12C[C@@H]3[C@](C)([C@@H](OC(C)=O)c4ccoc4)[C@@H](O)[C@@H](O)[C@@]4(O)[C@]3(O1)[C@H](O2)[C@@]1(O)[C@@H](OC(C)=O)[C@@]2(C)C[C@@]1(O)[C@]41COC(=O)C[C@@H]21. The first-order valence-corrected chi connectivity index (χ1v) is 15.8. The summed E-state index contributed by atoms with van der Waals surface area (Å²) < 4.78 is 36.1. The lowest BCUT2D eigenvalue weighted by Gasteiger charge is -2.77. The van der Waals surface area contributed by atoms with Crippen LogP contribution in [0.15, 0.2) is 23.0 Å². The van der Waals surface area contributed by atoms with Crippen molar-refractivity contribution in [3.8, 4) is 0 Å². The van der Waals surface area contributed by atoms with E-state index in [1.807, 2.05) is 0 Å². The van der Waals surface area contributed by atoms with Crippen molar-refractivity contribution < 1.29 is 68.0 Å². The molecule has 7 aliphatic rings. The van der Waals surface area contributed by atoms with E-state index in [4.69, 9.17) is 28.1 Å². The molecule has 0 unspecified atom stereocenters. The summed E-state index contributed by atoms with van der Waals surface area (Å²) in [6, 6.07) is 1.56. The molecule has 0 amide bonds. The number of hydrogen-bond acceptors (Lipinski definition) is 14. The van der Waals surface area contributed by atoms with Crippen LogP contribution in [0.25, 0.3) is 0 Å². The van der Waals surface area contributed by atoms with Crippen LogP contribution in [0.1, 0.15) is 72.0 Å². The molecule has 15 atom stereocenters. The van der Waals surface area contributed by atoms with Gasteiger partial charge in [-0.2, -0.15) is 0 Å². The maximum Gasteiger partial charge on any atom is 0.306 e. The summed E-state index contributed by atoms with van der Waals surface area (Å²) in [5.74, 6) is -5.64. The number of esters is 3. The highest BCUT2D eigenvalue weighted by atomic mass is 16.8. The number of hydrogen-bond donors (Lipinski definition) is 5. The monoisotopic (exact) mass is 648 g/mol. The van der Waals surface area contributed by atoms with Crippen molar-refractivity contribution in [2.24, 2.45) is 28.1 Å². The molecule has 8 rings (SSSR count). The molecule has 4 bridgehead atoms. The lowest BCUT2D eigenvalue weighted by molar-refractivity contribution is -0.450. The van der Waals surface area contributed by atoms with Gasteiger partial charge in [-0.15, -0.1) is 0 Å². The second-order valence-electron chi connectivity index (χ2n) is 15.2. The number of fused-ring (bicyclic) bond motifs is 4. The standard InChI is InChI=1S/C32H40O14/c1-6-27-10-18-26(5,22(43-14(2)33)16-7-8-41-11-16)20(36)21(37)32(40)28-13-42-19(35)9-17(28)25(4)12-29(28,38)30(39,23(25)44-15(3)34)24(45-27)31(18,32)46-27/h7-8,11,17-18,20-24,36-40H,6,9-10,12-13H2,1-5H3/t17-,18+,20-,21+,22-,23-,24+,25-,26-,27-,28+,29+,30-,31+,32-/m0/s1. The average molecular weight is 649 g/mol. The first kappa shape index (κ1) is 30.7. The Kier molecular flexibility index (Phi) is 5.69. The first-order chi connectivity index (χ1) is 21.4. The highest BCUT2D eigenvalue weighted by molar-refractivity contribution is 5.73. The van der Waals surface area contributed by atoms with E-state index in [0.29, 0.717) is 5.56 Å². The maximum absolute atomic E-state index is 13.6. The van der Waals surface area contributed by atoms with Crippen molar-refractivity contribution in [2.45, 2.75) is 119 Å². The molecule has 0 radical (unpaired) electrons. The molecule has 7 fully saturated rings. The second kappa shape index (κ2) is 8.52. The zero-order chi connectivity index (χ0) is 33.3. The van der Waals surface area contributed by atoms with Gasteiger partial charge in [-0.25, -0.2) is 0 Å². The minimum atomic E-state index is -2.62. The van der Waals surface area contributed by atoms with E-state index in [2.05, 4.69) is 0 Å². The molecule has 46 heavy (non-hydrogen) atoms. The summed E-state index contributed by atoms with van der Waals surface area (Å²) in [7, 11) is 0. The molecule has 5 N–H and O–H groups in total. The van der Waals surface area contributed by atoms with Gasteiger partial charge in [-0.3, -0.25) is 14.4 Å². The van der Waals surface area contributed by atoms with Crippen LogP contribution in [-0.2, 0) is 38.1 Å². The molecule has 252 valence electrons. The van der Waals surface area contributed by atoms with Crippen LogP contribution in [-0.4, -0.2) is 103 Å². The highest BCUT2D eigenvalue weighted by Gasteiger charge is 3.03. The molecule has 4 heterocycles. The van der Waals surface area contributed by atoms with Crippen LogP contribution in [0.5, 0.6) is 0 Å². The molecule has 3 saturated heterocycles. The summed E-state index contributed by atoms with van der Waals surface area (Å²) in [6.07, 6.45) is -5.94. The largest absolute Gasteiger partial charge is 0.472 e. The number of ether oxygens (including phenoxy) is 5. The zero-order valence-electron chi connectivity index (χ0n) is 26.2. The van der Waals surface area contributed by atoms with Crippen molar-refractivity contribution >= 4 is 17.9 Å². The smallest absolute Gasteiger partial charge is 0.306 e. The van der Waals surface area contributed by atoms with Gasteiger partial charge < -0.3 is 53.6 Å². The van der Waals surface area contributed by atoms with Gasteiger partial charge in [0.2, 0.25) is 0 Å². The van der Waals surface area contributed by atoms with Crippen molar-refractivity contribution in [3.05, 3.63) is 24.2 Å². The Bertz CT molecular complexity index is 1550. The van der Waals surface area contributed by atoms with E-state index in [0.717, 1.165) is 0 Å². The molecular formula is C32H40O14. The first-order valence-electron chi connectivity index (χ1n) is 15.8. The van der Waals surface area contributed by atoms with E-state index < -0.39 is 111 Å². The van der Waals surface area contributed by atoms with Gasteiger partial charge in [0.25, 0.3) is 0 Å². The number of carbonyl (C=O) groups is 3. The molecule has 4 aliphatic carbocycles. The zero-order valence-corrected chi connectivity index (χ0v) is 26.2. The molecule has 2 spiro atoms. The fourth-order valence-electron chi connectivity index (χ4n) is 12.2. The summed E-state index contributed by atoms with van der Waals surface area (Å²) >= 11 is 0. The molecule has 3 aliphatic heterocycles. The van der Waals surface area contributed by atoms with Crippen LogP contribution in [0.3, 0.4) is 0 Å². The van der Waals surface area contributed by atoms with E-state index in [1.165, 1.54) is 26.4 Å². The van der Waals surface area contributed by atoms with Crippen molar-refractivity contribution in [3.63, 3.8) is 0 Å². The van der Waals surface area contributed by atoms with E-state index >= 15 is 0 Å². The van der Waals surface area contributed by atoms with Crippen LogP contribution in [0.2, 0.25) is 0 Å². The van der Waals surface area contributed by atoms with Crippen LogP contribution >= 0.6 is 0 Å². The highest BCUT2D eigenvalue weighted by Crippen LogP contribution is 2.87. The van der Waals surface area contributed by atoms with Gasteiger partial charge in [0, 0.05) is 49.0 Å². The summed E-state index contributed by atoms with van der Waals surface area (Å²) in [5, 5.41) is 64.6. The molecule has 1 aromatic rings. The van der Waals surface area contributed by atoms with Gasteiger partial charge >= 0.3 is 17.9 Å². The van der Waals surface area contributed by atoms with Crippen LogP contribution < -0.4 is 0 Å². The minimum Gasteiger partial charge on any atom is -0.472 e. The lowest BCUT2D eigenvalue weighted by Crippen LogP contribution is -2.97. The van der Waals surface area contributed by atoms with Crippen LogP contribution in [0, 0.1) is 28.1 Å². The molecule has 14 heteroatoms. The number of cyclic esters (lactones) is 1. The van der Waals surface area contributed by atoms with Gasteiger partial charge in [0.05, 0.1) is 24.0 Å². The van der Waals surface area contributed by atoms with E-state index in [1.54, 1.807) is 26.8 Å². The topological polar surface area (TPSA) is 212 Å². The van der Waals surface area contributed by atoms with E-state index in [-0.39, 0.29) is 25.7 Å². The summed E-state index contributed by atoms with van der Waals surface area (Å²) in [4.78, 5) is 38.2. The summed E-state index contributed by atoms with van der Waals surface area (Å²) in [5.41, 5.74) is -14.2. The number of carbonyl (C=O) groups excluding carboxylic acids is 3. The van der Waals surface area contributed by atoms with Crippen molar-refractivity contribution in [2.75, 3.05) is 6.61 Å². The van der Waals surface area contributed by atoms with Crippen molar-refractivity contribution in [1.82, 2.24) is 0 Å². The molecule has 1 aromatic heterocycles. The molecule has 4 saturated carbocycles. The fraction of sp³-hybridized carbons (Fsp3) is 0.781. The molecular weight excluding hydrogens is 608 g/mol. The normalized spacial score (nSPS) is 56.2. The van der Waals surface area contributed by atoms with Crippen molar-refractivity contribution in [1.29, 1.82) is 0 Å². The number of furan rings is 1. The Morgan fingerprint density at radius 2 is 1.80 bits per heavy atom. The predicted octanol–water partition coefficient (Wildman–Crippen LogP) is 0.0176. The third kappa shape index (κ3) is 2.73. The minimum absolute atomic E-state index is 0.0166. The Balaban J connectivity index is 1.46. The third-order valence-electron chi connectivity index (χ3n) is 13.7. The van der Waals surface area contributed by atoms with E-state index in [9.17, 15) is 39.9 Å². The average Bonchev–Trinajstić information content (AvgIpc) is 3.79. The Labute approximate surface area is 263 Å². The fourth-order valence-corrected chi connectivity index (χ4v) is 12.2. The third-order valence-corrected chi connectivity index (χ3v) is 13.7. The van der Waals surface area contributed by atoms with Gasteiger partial charge in [-0.1, -0.05) is 20.8 Å². The number of aliphatic hydroxyl groups excluding tert-OH is 2. The Morgan fingerprint density at radius 1 is 1.09 bits per heavy atom. The Morgan fingerprint density at radius 3 is 2.41 bits per heavy atom. The predicted molar refractivity (Wildman–Crippen MR) is 148 cm³/mol. The number of rotatable bonds is 5. The van der Waals surface area contributed by atoms with Crippen LogP contribution in [0.4, 0.5) is 0 Å². The van der Waals surface area contributed by atoms with Gasteiger partial charge in [0.1, 0.15) is 47.8 Å². The molecule has 14 nitrogen and oxygen atoms in total. The number of aliphatic hydroxyl groups is 5. The lowest BCUT2D eigenvalue weighted by atomic mass is 9.32. The summed E-state index contributed by atoms with van der Waals surface area (Å²) in [6.45, 7) is 6.79. The maximum atomic E-state index is 13.6. The quantitative estimate of drug-likeness (QED) is 0.211. The van der Waals surface area contributed by atoms with Gasteiger partial charge in [0.15, 0.2) is 11.4 Å². The molecule has 0 aromatic carbocycles.